The van der Waals surface area contributed by atoms with E-state index >= 15 is 0 Å². The topological polar surface area (TPSA) is 93.1 Å². The molecule has 1 aromatic carbocycles. The third-order valence-electron chi connectivity index (χ3n) is 4.17. The van der Waals surface area contributed by atoms with Gasteiger partial charge < -0.3 is 14.6 Å². The molecular weight excluding hydrogens is 370 g/mol. The van der Waals surface area contributed by atoms with Crippen molar-refractivity contribution in [2.45, 2.75) is 56.8 Å². The molecule has 1 aromatic rings. The number of rotatable bonds is 5. The molecule has 0 radical (unpaired) electrons. The Morgan fingerprint density at radius 1 is 1.33 bits per heavy atom. The minimum absolute atomic E-state index is 0.00522. The lowest BCUT2D eigenvalue weighted by atomic mass is 9.96. The summed E-state index contributed by atoms with van der Waals surface area (Å²) in [4.78, 5) is 11.8. The molecule has 2 unspecified atom stereocenters. The van der Waals surface area contributed by atoms with Crippen LogP contribution in [0, 0.1) is 11.8 Å². The van der Waals surface area contributed by atoms with Crippen molar-refractivity contribution in [2.24, 2.45) is 0 Å². The number of nitrogens with zero attached hydrogens (tertiary/aromatic N) is 1. The maximum absolute atomic E-state index is 13.1. The molecule has 0 spiro atoms. The van der Waals surface area contributed by atoms with Crippen LogP contribution in [-0.2, 0) is 19.6 Å². The molecule has 2 atom stereocenters. The summed E-state index contributed by atoms with van der Waals surface area (Å²) < 4.78 is 38.3. The predicted molar refractivity (Wildman–Crippen MR) is 99.9 cm³/mol. The normalized spacial score (nSPS) is 22.5. The Morgan fingerprint density at radius 2 is 1.96 bits per heavy atom. The summed E-state index contributed by atoms with van der Waals surface area (Å²) in [6, 6.07) is 4.56. The highest BCUT2D eigenvalue weighted by Crippen LogP contribution is 2.33. The molecule has 2 rings (SSSR count). The predicted octanol–water partition coefficient (Wildman–Crippen LogP) is 2.12. The molecule has 7 nitrogen and oxygen atoms in total. The standard InChI is InChI=1S/C19H25NO6S/c1-5-6-7-12-25-15-8-10-16(11-9-15)27(23,24)20-13-14(2)26-19(3,4)17(20)18(21)22/h8-11,14,17H,5,12-13H2,1-4H3,(H,21,22). The fourth-order valence-electron chi connectivity index (χ4n) is 3.12. The third kappa shape index (κ3) is 4.80. The molecule has 0 bridgehead atoms. The van der Waals surface area contributed by atoms with Crippen molar-refractivity contribution in [3.63, 3.8) is 0 Å². The number of aliphatic carboxylic acids is 1. The molecule has 148 valence electrons. The molecule has 1 N–H and O–H groups in total. The zero-order chi connectivity index (χ0) is 20.2. The van der Waals surface area contributed by atoms with E-state index in [4.69, 9.17) is 9.47 Å². The Bertz CT molecular complexity index is 835. The first kappa shape index (κ1) is 21.2. The van der Waals surface area contributed by atoms with Crippen molar-refractivity contribution in [3.05, 3.63) is 24.3 Å². The molecule has 27 heavy (non-hydrogen) atoms. The molecular formula is C19H25NO6S. The summed E-state index contributed by atoms with van der Waals surface area (Å²) in [6.45, 7) is 7.00. The summed E-state index contributed by atoms with van der Waals surface area (Å²) in [5, 5.41) is 9.61. The number of sulfonamides is 1. The van der Waals surface area contributed by atoms with Gasteiger partial charge in [-0.05, 0) is 45.0 Å². The van der Waals surface area contributed by atoms with Gasteiger partial charge in [0.05, 0.1) is 16.6 Å². The van der Waals surface area contributed by atoms with E-state index in [0.717, 1.165) is 10.7 Å². The Labute approximate surface area is 160 Å². The highest BCUT2D eigenvalue weighted by atomic mass is 32.2. The Morgan fingerprint density at radius 3 is 2.52 bits per heavy atom. The number of morpholine rings is 1. The van der Waals surface area contributed by atoms with Crippen molar-refractivity contribution < 1.29 is 27.8 Å². The number of benzene rings is 1. The number of carboxylic acid groups (broad SMARTS) is 1. The average Bonchev–Trinajstić information content (AvgIpc) is 2.57. The second kappa shape index (κ2) is 8.30. The SMILES string of the molecule is CCC#CCOc1ccc(S(=O)(=O)N2CC(C)OC(C)(C)C2C(=O)O)cc1. The molecule has 0 saturated carbocycles. The second-order valence-corrected chi connectivity index (χ2v) is 8.71. The van der Waals surface area contributed by atoms with Crippen LogP contribution in [0.25, 0.3) is 0 Å². The average molecular weight is 395 g/mol. The molecule has 8 heteroatoms. The van der Waals surface area contributed by atoms with E-state index in [9.17, 15) is 18.3 Å². The first-order chi connectivity index (χ1) is 12.6. The summed E-state index contributed by atoms with van der Waals surface area (Å²) in [6.07, 6.45) is 0.310. The van der Waals surface area contributed by atoms with Gasteiger partial charge >= 0.3 is 5.97 Å². The lowest BCUT2D eigenvalue weighted by Gasteiger charge is -2.45. The van der Waals surface area contributed by atoms with Crippen molar-refractivity contribution in [2.75, 3.05) is 13.2 Å². The first-order valence-electron chi connectivity index (χ1n) is 8.70. The van der Waals surface area contributed by atoms with Crippen molar-refractivity contribution in [3.8, 4) is 17.6 Å². The maximum Gasteiger partial charge on any atom is 0.325 e. The molecule has 1 heterocycles. The number of ether oxygens (including phenoxy) is 2. The van der Waals surface area contributed by atoms with Crippen LogP contribution in [0.15, 0.2) is 29.2 Å². The van der Waals surface area contributed by atoms with Crippen LogP contribution < -0.4 is 4.74 Å². The van der Waals surface area contributed by atoms with Crippen LogP contribution in [0.2, 0.25) is 0 Å². The molecule has 1 saturated heterocycles. The zero-order valence-corrected chi connectivity index (χ0v) is 16.7. The Kier molecular flexibility index (Phi) is 6.52. The maximum atomic E-state index is 13.1. The van der Waals surface area contributed by atoms with Gasteiger partial charge in [-0.1, -0.05) is 12.8 Å². The van der Waals surface area contributed by atoms with E-state index in [0.29, 0.717) is 5.75 Å². The van der Waals surface area contributed by atoms with E-state index in [2.05, 4.69) is 11.8 Å². The van der Waals surface area contributed by atoms with Crippen molar-refractivity contribution in [1.29, 1.82) is 0 Å². The highest BCUT2D eigenvalue weighted by Gasteiger charge is 2.50. The second-order valence-electron chi connectivity index (χ2n) is 6.81. The minimum atomic E-state index is -4.02. The third-order valence-corrected chi connectivity index (χ3v) is 6.01. The van der Waals surface area contributed by atoms with Gasteiger partial charge in [-0.25, -0.2) is 8.42 Å². The van der Waals surface area contributed by atoms with Gasteiger partial charge in [0.25, 0.3) is 0 Å². The van der Waals surface area contributed by atoms with Crippen LogP contribution in [0.4, 0.5) is 0 Å². The lowest BCUT2D eigenvalue weighted by Crippen LogP contribution is -2.63. The van der Waals surface area contributed by atoms with Gasteiger partial charge in [0.15, 0.2) is 6.04 Å². The van der Waals surface area contributed by atoms with E-state index in [-0.39, 0.29) is 18.0 Å². The summed E-state index contributed by atoms with van der Waals surface area (Å²) >= 11 is 0. The lowest BCUT2D eigenvalue weighted by molar-refractivity contribution is -0.174. The molecule has 1 aliphatic rings. The van der Waals surface area contributed by atoms with Crippen molar-refractivity contribution in [1.82, 2.24) is 4.31 Å². The minimum Gasteiger partial charge on any atom is -0.481 e. The molecule has 1 fully saturated rings. The van der Waals surface area contributed by atoms with Crippen molar-refractivity contribution >= 4 is 16.0 Å². The van der Waals surface area contributed by atoms with Crippen LogP contribution in [0.3, 0.4) is 0 Å². The Hall–Kier alpha value is -2.08. The van der Waals surface area contributed by atoms with Crippen LogP contribution in [0.1, 0.15) is 34.1 Å². The quantitative estimate of drug-likeness (QED) is 0.768. The molecule has 0 aromatic heterocycles. The smallest absolute Gasteiger partial charge is 0.325 e. The highest BCUT2D eigenvalue weighted by molar-refractivity contribution is 7.89. The first-order valence-corrected chi connectivity index (χ1v) is 10.1. The summed E-state index contributed by atoms with van der Waals surface area (Å²) in [5.41, 5.74) is -1.16. The number of carbonyl (C=O) groups is 1. The van der Waals surface area contributed by atoms with Gasteiger partial charge in [0.2, 0.25) is 10.0 Å². The fourth-order valence-corrected chi connectivity index (χ4v) is 4.90. The van der Waals surface area contributed by atoms with Crippen LogP contribution in [0.5, 0.6) is 5.75 Å². The Balaban J connectivity index is 2.29. The number of carboxylic acids is 1. The monoisotopic (exact) mass is 395 g/mol. The van der Waals surface area contributed by atoms with E-state index in [1.165, 1.54) is 24.3 Å². The van der Waals surface area contributed by atoms with E-state index in [1.54, 1.807) is 20.8 Å². The van der Waals surface area contributed by atoms with Gasteiger partial charge in [-0.2, -0.15) is 4.31 Å². The van der Waals surface area contributed by atoms with Gasteiger partial charge in [-0.3, -0.25) is 4.79 Å². The van der Waals surface area contributed by atoms with Gasteiger partial charge in [-0.15, -0.1) is 5.92 Å². The number of hydrogen-bond acceptors (Lipinski definition) is 5. The summed E-state index contributed by atoms with van der Waals surface area (Å²) in [7, 11) is -4.02. The molecule has 0 amide bonds. The fraction of sp³-hybridized carbons (Fsp3) is 0.526. The zero-order valence-electron chi connectivity index (χ0n) is 15.9. The number of hydrogen-bond donors (Lipinski definition) is 1. The van der Waals surface area contributed by atoms with Crippen LogP contribution in [-0.4, -0.2) is 54.7 Å². The van der Waals surface area contributed by atoms with E-state index in [1.807, 2.05) is 6.92 Å². The van der Waals surface area contributed by atoms with Crippen LogP contribution >= 0.6 is 0 Å². The van der Waals surface area contributed by atoms with Gasteiger partial charge in [0, 0.05) is 13.0 Å². The molecule has 0 aliphatic carbocycles. The largest absolute Gasteiger partial charge is 0.481 e. The van der Waals surface area contributed by atoms with E-state index < -0.39 is 33.7 Å². The molecule has 1 aliphatic heterocycles. The summed E-state index contributed by atoms with van der Waals surface area (Å²) in [5.74, 6) is 4.96. The van der Waals surface area contributed by atoms with Gasteiger partial charge in [0.1, 0.15) is 12.4 Å².